The molecule has 1 aliphatic heterocycles. The third-order valence-corrected chi connectivity index (χ3v) is 4.35. The zero-order valence-corrected chi connectivity index (χ0v) is 14.0. The second-order valence-corrected chi connectivity index (χ2v) is 6.02. The van der Waals surface area contributed by atoms with Crippen molar-refractivity contribution in [3.63, 3.8) is 0 Å². The molecule has 0 aliphatic carbocycles. The lowest BCUT2D eigenvalue weighted by Gasteiger charge is -2.34. The predicted molar refractivity (Wildman–Crippen MR) is 84.2 cm³/mol. The molecule has 1 aromatic carbocycles. The minimum atomic E-state index is -4.53. The first-order valence-electron chi connectivity index (χ1n) is 8.12. The van der Waals surface area contributed by atoms with Crippen LogP contribution in [0.5, 0.6) is 11.5 Å². The van der Waals surface area contributed by atoms with Gasteiger partial charge in [-0.25, -0.2) is 0 Å². The minimum absolute atomic E-state index is 0.342. The van der Waals surface area contributed by atoms with E-state index in [0.29, 0.717) is 50.6 Å². The molecule has 0 aromatic heterocycles. The van der Waals surface area contributed by atoms with Gasteiger partial charge in [0, 0.05) is 6.54 Å². The molecule has 1 aromatic rings. The van der Waals surface area contributed by atoms with Gasteiger partial charge in [0.15, 0.2) is 17.6 Å². The highest BCUT2D eigenvalue weighted by Gasteiger charge is 2.44. The van der Waals surface area contributed by atoms with E-state index in [1.54, 1.807) is 7.11 Å². The Balaban J connectivity index is 1.93. The number of rotatable bonds is 6. The Bertz CT molecular complexity index is 528. The minimum Gasteiger partial charge on any atom is -0.493 e. The molecule has 0 spiro atoms. The number of benzene rings is 1. The standard InChI is InChI=1S/C17H24F3NO3/c1-3-24-15-10-12(4-5-14(15)23-2)11-21-8-6-13(7-9-21)16(22)17(18,19)20/h4-5,10,13,16,22H,3,6-9,11H2,1-2H3. The van der Waals surface area contributed by atoms with E-state index in [0.717, 1.165) is 5.56 Å². The summed E-state index contributed by atoms with van der Waals surface area (Å²) in [5, 5.41) is 9.37. The van der Waals surface area contributed by atoms with Crippen molar-refractivity contribution in [3.8, 4) is 11.5 Å². The van der Waals surface area contributed by atoms with Gasteiger partial charge in [0.2, 0.25) is 0 Å². The molecule has 1 fully saturated rings. The number of methoxy groups -OCH3 is 1. The molecule has 1 N–H and O–H groups in total. The molecule has 1 atom stereocenters. The molecule has 1 aliphatic rings. The molecule has 2 rings (SSSR count). The molecular weight excluding hydrogens is 323 g/mol. The highest BCUT2D eigenvalue weighted by molar-refractivity contribution is 5.42. The van der Waals surface area contributed by atoms with Gasteiger partial charge < -0.3 is 14.6 Å². The summed E-state index contributed by atoms with van der Waals surface area (Å²) in [6, 6.07) is 5.66. The van der Waals surface area contributed by atoms with E-state index in [4.69, 9.17) is 9.47 Å². The molecule has 0 amide bonds. The zero-order chi connectivity index (χ0) is 17.7. The van der Waals surface area contributed by atoms with Crippen LogP contribution in [0, 0.1) is 5.92 Å². The average molecular weight is 347 g/mol. The maximum atomic E-state index is 12.6. The van der Waals surface area contributed by atoms with Crippen LogP contribution in [0.1, 0.15) is 25.3 Å². The van der Waals surface area contributed by atoms with Gasteiger partial charge in [0.25, 0.3) is 0 Å². The highest BCUT2D eigenvalue weighted by atomic mass is 19.4. The number of ether oxygens (including phenoxy) is 2. The first-order chi connectivity index (χ1) is 11.3. The topological polar surface area (TPSA) is 41.9 Å². The molecule has 0 bridgehead atoms. The second kappa shape index (κ2) is 8.07. The summed E-state index contributed by atoms with van der Waals surface area (Å²) >= 11 is 0. The van der Waals surface area contributed by atoms with E-state index in [1.165, 1.54) is 0 Å². The van der Waals surface area contributed by atoms with Gasteiger partial charge in [0.05, 0.1) is 13.7 Å². The van der Waals surface area contributed by atoms with Crippen molar-refractivity contribution in [2.24, 2.45) is 5.92 Å². The normalized spacial score (nSPS) is 18.4. The Morgan fingerprint density at radius 3 is 2.46 bits per heavy atom. The summed E-state index contributed by atoms with van der Waals surface area (Å²) in [4.78, 5) is 2.09. The summed E-state index contributed by atoms with van der Waals surface area (Å²) in [6.07, 6.45) is -6.07. The molecule has 24 heavy (non-hydrogen) atoms. The van der Waals surface area contributed by atoms with Crippen molar-refractivity contribution in [1.29, 1.82) is 0 Å². The Kier molecular flexibility index (Phi) is 6.34. The third kappa shape index (κ3) is 4.77. The number of nitrogens with zero attached hydrogens (tertiary/aromatic N) is 1. The van der Waals surface area contributed by atoms with Gasteiger partial charge in [-0.15, -0.1) is 0 Å². The van der Waals surface area contributed by atoms with E-state index in [2.05, 4.69) is 4.90 Å². The second-order valence-electron chi connectivity index (χ2n) is 6.02. The SMILES string of the molecule is CCOc1cc(CN2CCC(C(O)C(F)(F)F)CC2)ccc1OC. The van der Waals surface area contributed by atoms with E-state index < -0.39 is 18.2 Å². The Morgan fingerprint density at radius 2 is 1.92 bits per heavy atom. The Morgan fingerprint density at radius 1 is 1.25 bits per heavy atom. The number of hydrogen-bond acceptors (Lipinski definition) is 4. The molecule has 4 nitrogen and oxygen atoms in total. The molecule has 136 valence electrons. The maximum absolute atomic E-state index is 12.6. The molecule has 1 saturated heterocycles. The van der Waals surface area contributed by atoms with E-state index >= 15 is 0 Å². The smallest absolute Gasteiger partial charge is 0.414 e. The van der Waals surface area contributed by atoms with Crippen LogP contribution in [-0.2, 0) is 6.54 Å². The van der Waals surface area contributed by atoms with Crippen LogP contribution in [-0.4, -0.2) is 49.1 Å². The molecule has 1 unspecified atom stereocenters. The van der Waals surface area contributed by atoms with Gasteiger partial charge in [-0.1, -0.05) is 6.07 Å². The van der Waals surface area contributed by atoms with Crippen molar-refractivity contribution < 1.29 is 27.8 Å². The Labute approximate surface area is 140 Å². The molecule has 1 heterocycles. The summed E-state index contributed by atoms with van der Waals surface area (Å²) in [5.41, 5.74) is 1.02. The number of aliphatic hydroxyl groups excluding tert-OH is 1. The summed E-state index contributed by atoms with van der Waals surface area (Å²) in [7, 11) is 1.58. The lowest BCUT2D eigenvalue weighted by atomic mass is 9.90. The van der Waals surface area contributed by atoms with Crippen LogP contribution < -0.4 is 9.47 Å². The molecule has 0 radical (unpaired) electrons. The fourth-order valence-electron chi connectivity index (χ4n) is 3.04. The van der Waals surface area contributed by atoms with Crippen LogP contribution in [0.3, 0.4) is 0 Å². The van der Waals surface area contributed by atoms with E-state index in [-0.39, 0.29) is 0 Å². The molecule has 7 heteroatoms. The zero-order valence-electron chi connectivity index (χ0n) is 14.0. The number of alkyl halides is 3. The molecule has 0 saturated carbocycles. The summed E-state index contributed by atoms with van der Waals surface area (Å²) in [6.45, 7) is 4.13. The lowest BCUT2D eigenvalue weighted by Crippen LogP contribution is -2.43. The van der Waals surface area contributed by atoms with Gasteiger partial charge in [-0.2, -0.15) is 13.2 Å². The fraction of sp³-hybridized carbons (Fsp3) is 0.647. The monoisotopic (exact) mass is 347 g/mol. The van der Waals surface area contributed by atoms with Crippen LogP contribution in [0.15, 0.2) is 18.2 Å². The van der Waals surface area contributed by atoms with Gasteiger partial charge >= 0.3 is 6.18 Å². The maximum Gasteiger partial charge on any atom is 0.414 e. The number of halogens is 3. The van der Waals surface area contributed by atoms with Crippen LogP contribution >= 0.6 is 0 Å². The number of piperidine rings is 1. The first kappa shape index (κ1) is 18.9. The predicted octanol–water partition coefficient (Wildman–Crippen LogP) is 3.23. The summed E-state index contributed by atoms with van der Waals surface area (Å²) < 4.78 is 48.5. The van der Waals surface area contributed by atoms with Crippen LogP contribution in [0.4, 0.5) is 13.2 Å². The van der Waals surface area contributed by atoms with Crippen molar-refractivity contribution >= 4 is 0 Å². The summed E-state index contributed by atoms with van der Waals surface area (Å²) in [5.74, 6) is 0.614. The van der Waals surface area contributed by atoms with Gasteiger partial charge in [-0.3, -0.25) is 4.90 Å². The highest BCUT2D eigenvalue weighted by Crippen LogP contribution is 2.33. The Hall–Kier alpha value is -1.47. The number of aliphatic hydroxyl groups is 1. The van der Waals surface area contributed by atoms with Crippen molar-refractivity contribution in [2.45, 2.75) is 38.6 Å². The number of hydrogen-bond donors (Lipinski definition) is 1. The van der Waals surface area contributed by atoms with Crippen molar-refractivity contribution in [2.75, 3.05) is 26.8 Å². The number of likely N-dealkylation sites (tertiary alicyclic amines) is 1. The largest absolute Gasteiger partial charge is 0.493 e. The quantitative estimate of drug-likeness (QED) is 0.858. The van der Waals surface area contributed by atoms with Crippen molar-refractivity contribution in [3.05, 3.63) is 23.8 Å². The first-order valence-corrected chi connectivity index (χ1v) is 8.12. The van der Waals surface area contributed by atoms with E-state index in [9.17, 15) is 18.3 Å². The third-order valence-electron chi connectivity index (χ3n) is 4.35. The lowest BCUT2D eigenvalue weighted by molar-refractivity contribution is -0.223. The van der Waals surface area contributed by atoms with Gasteiger partial charge in [0.1, 0.15) is 0 Å². The van der Waals surface area contributed by atoms with Crippen LogP contribution in [0.25, 0.3) is 0 Å². The van der Waals surface area contributed by atoms with Crippen molar-refractivity contribution in [1.82, 2.24) is 4.90 Å². The van der Waals surface area contributed by atoms with Gasteiger partial charge in [-0.05, 0) is 56.5 Å². The molecular formula is C17H24F3NO3. The average Bonchev–Trinajstić information content (AvgIpc) is 2.55. The fourth-order valence-corrected chi connectivity index (χ4v) is 3.04. The van der Waals surface area contributed by atoms with E-state index in [1.807, 2.05) is 25.1 Å². The van der Waals surface area contributed by atoms with Crippen LogP contribution in [0.2, 0.25) is 0 Å².